The van der Waals surface area contributed by atoms with Gasteiger partial charge in [-0.3, -0.25) is 9.69 Å². The van der Waals surface area contributed by atoms with Crippen LogP contribution in [-0.4, -0.2) is 33.9 Å². The van der Waals surface area contributed by atoms with E-state index in [9.17, 15) is 4.79 Å². The van der Waals surface area contributed by atoms with E-state index in [1.807, 2.05) is 6.92 Å². The van der Waals surface area contributed by atoms with Crippen molar-refractivity contribution in [3.8, 4) is 0 Å². The van der Waals surface area contributed by atoms with E-state index in [-0.39, 0.29) is 5.92 Å². The molecule has 1 unspecified atom stereocenters. The molecule has 1 saturated heterocycles. The van der Waals surface area contributed by atoms with Crippen LogP contribution >= 0.6 is 0 Å². The van der Waals surface area contributed by atoms with E-state index < -0.39 is 0 Å². The fourth-order valence-corrected chi connectivity index (χ4v) is 2.27. The van der Waals surface area contributed by atoms with Gasteiger partial charge in [0.1, 0.15) is 5.78 Å². The highest BCUT2D eigenvalue weighted by molar-refractivity contribution is 5.81. The van der Waals surface area contributed by atoms with Crippen LogP contribution in [-0.2, 0) is 11.3 Å². The Morgan fingerprint density at radius 2 is 2.29 bits per heavy atom. The maximum atomic E-state index is 11.4. The van der Waals surface area contributed by atoms with E-state index >= 15 is 0 Å². The van der Waals surface area contributed by atoms with Crippen LogP contribution in [0.2, 0.25) is 0 Å². The molecule has 0 bridgehead atoms. The lowest BCUT2D eigenvalue weighted by Gasteiger charge is -2.28. The van der Waals surface area contributed by atoms with Crippen molar-refractivity contribution in [2.75, 3.05) is 13.1 Å². The van der Waals surface area contributed by atoms with Crippen molar-refractivity contribution in [1.29, 1.82) is 0 Å². The van der Waals surface area contributed by atoms with Gasteiger partial charge in [0, 0.05) is 31.3 Å². The molecule has 0 aromatic carbocycles. The second-order valence-corrected chi connectivity index (χ2v) is 5.18. The highest BCUT2D eigenvalue weighted by Gasteiger charge is 2.30. The Kier molecular flexibility index (Phi) is 2.70. The molecule has 5 nitrogen and oxygen atoms in total. The van der Waals surface area contributed by atoms with Crippen LogP contribution in [0.1, 0.15) is 43.8 Å². The van der Waals surface area contributed by atoms with E-state index in [0.29, 0.717) is 24.7 Å². The molecule has 0 radical (unpaired) electrons. The first-order valence-electron chi connectivity index (χ1n) is 6.30. The number of Topliss-reactive ketones (excluding diaryl/α,β-unsaturated/α-hetero) is 1. The molecule has 0 amide bonds. The average Bonchev–Trinajstić information content (AvgIpc) is 3.06. The first-order valence-corrected chi connectivity index (χ1v) is 6.30. The van der Waals surface area contributed by atoms with Gasteiger partial charge in [0.05, 0.1) is 6.54 Å². The molecule has 2 heterocycles. The van der Waals surface area contributed by atoms with Crippen LogP contribution in [0.3, 0.4) is 0 Å². The summed E-state index contributed by atoms with van der Waals surface area (Å²) in [5, 5.41) is 4.00. The standard InChI is InChI=1S/C12H17N3O2/c1-8-6-15(5-4-10(8)16)7-11-13-12(17-14-11)9-2-3-9/h8-9H,2-7H2,1H3. The van der Waals surface area contributed by atoms with Gasteiger partial charge in [0.2, 0.25) is 5.89 Å². The minimum absolute atomic E-state index is 0.138. The lowest BCUT2D eigenvalue weighted by atomic mass is 9.99. The first kappa shape index (κ1) is 10.9. The number of hydrogen-bond donors (Lipinski definition) is 0. The molecule has 1 aromatic heterocycles. The normalized spacial score (nSPS) is 26.4. The summed E-state index contributed by atoms with van der Waals surface area (Å²) in [5.41, 5.74) is 0. The summed E-state index contributed by atoms with van der Waals surface area (Å²) >= 11 is 0. The molecule has 2 aliphatic rings. The number of carbonyl (C=O) groups excluding carboxylic acids is 1. The molecular weight excluding hydrogens is 218 g/mol. The molecule has 3 rings (SSSR count). The SMILES string of the molecule is CC1CN(Cc2noc(C3CC3)n2)CCC1=O. The third kappa shape index (κ3) is 2.39. The molecule has 1 atom stereocenters. The summed E-state index contributed by atoms with van der Waals surface area (Å²) < 4.78 is 5.22. The van der Waals surface area contributed by atoms with E-state index in [2.05, 4.69) is 15.0 Å². The van der Waals surface area contributed by atoms with Crippen LogP contribution in [0.4, 0.5) is 0 Å². The minimum atomic E-state index is 0.138. The fraction of sp³-hybridized carbons (Fsp3) is 0.750. The van der Waals surface area contributed by atoms with Gasteiger partial charge < -0.3 is 4.52 Å². The number of piperidine rings is 1. The molecule has 2 fully saturated rings. The molecule has 1 aliphatic carbocycles. The Morgan fingerprint density at radius 1 is 1.47 bits per heavy atom. The van der Waals surface area contributed by atoms with Crippen LogP contribution < -0.4 is 0 Å². The lowest BCUT2D eigenvalue weighted by molar-refractivity contribution is -0.125. The van der Waals surface area contributed by atoms with Gasteiger partial charge in [-0.25, -0.2) is 0 Å². The van der Waals surface area contributed by atoms with Gasteiger partial charge in [-0.2, -0.15) is 4.98 Å². The van der Waals surface area contributed by atoms with Crippen LogP contribution in [0, 0.1) is 5.92 Å². The van der Waals surface area contributed by atoms with E-state index in [1.54, 1.807) is 0 Å². The number of rotatable bonds is 3. The average molecular weight is 235 g/mol. The number of likely N-dealkylation sites (tertiary alicyclic amines) is 1. The highest BCUT2D eigenvalue weighted by Crippen LogP contribution is 2.38. The van der Waals surface area contributed by atoms with Gasteiger partial charge in [-0.05, 0) is 12.8 Å². The largest absolute Gasteiger partial charge is 0.339 e. The Morgan fingerprint density at radius 3 is 3.00 bits per heavy atom. The Balaban J connectivity index is 1.60. The van der Waals surface area contributed by atoms with Gasteiger partial charge in [-0.15, -0.1) is 0 Å². The highest BCUT2D eigenvalue weighted by atomic mass is 16.5. The molecule has 0 spiro atoms. The van der Waals surface area contributed by atoms with Gasteiger partial charge in [0.25, 0.3) is 0 Å². The monoisotopic (exact) mass is 235 g/mol. The maximum Gasteiger partial charge on any atom is 0.229 e. The summed E-state index contributed by atoms with van der Waals surface area (Å²) in [5.74, 6) is 2.57. The predicted molar refractivity (Wildman–Crippen MR) is 60.3 cm³/mol. The number of nitrogens with zero attached hydrogens (tertiary/aromatic N) is 3. The molecule has 92 valence electrons. The summed E-state index contributed by atoms with van der Waals surface area (Å²) in [4.78, 5) is 18.1. The van der Waals surface area contributed by atoms with Crippen LogP contribution in [0.15, 0.2) is 4.52 Å². The first-order chi connectivity index (χ1) is 8.22. The summed E-state index contributed by atoms with van der Waals surface area (Å²) in [6.07, 6.45) is 3.00. The fourth-order valence-electron chi connectivity index (χ4n) is 2.27. The zero-order chi connectivity index (χ0) is 11.8. The number of aromatic nitrogens is 2. The smallest absolute Gasteiger partial charge is 0.229 e. The molecule has 17 heavy (non-hydrogen) atoms. The zero-order valence-electron chi connectivity index (χ0n) is 10.1. The molecular formula is C12H17N3O2. The minimum Gasteiger partial charge on any atom is -0.339 e. The number of ketones is 1. The van der Waals surface area contributed by atoms with Gasteiger partial charge in [0.15, 0.2) is 5.82 Å². The van der Waals surface area contributed by atoms with Gasteiger partial charge >= 0.3 is 0 Å². The summed E-state index contributed by atoms with van der Waals surface area (Å²) in [7, 11) is 0. The lowest BCUT2D eigenvalue weighted by Crippen LogP contribution is -2.39. The molecule has 5 heteroatoms. The van der Waals surface area contributed by atoms with E-state index in [1.165, 1.54) is 12.8 Å². The molecule has 1 aromatic rings. The summed E-state index contributed by atoms with van der Waals surface area (Å²) in [6, 6.07) is 0. The number of carbonyl (C=O) groups is 1. The van der Waals surface area contributed by atoms with Crippen molar-refractivity contribution in [2.24, 2.45) is 5.92 Å². The van der Waals surface area contributed by atoms with Crippen molar-refractivity contribution < 1.29 is 9.32 Å². The molecule has 1 saturated carbocycles. The molecule has 0 N–H and O–H groups in total. The van der Waals surface area contributed by atoms with Crippen molar-refractivity contribution in [2.45, 2.75) is 38.6 Å². The Labute approximate surface area is 100 Å². The number of hydrogen-bond acceptors (Lipinski definition) is 5. The quantitative estimate of drug-likeness (QED) is 0.791. The van der Waals surface area contributed by atoms with Crippen molar-refractivity contribution in [1.82, 2.24) is 15.0 Å². The van der Waals surface area contributed by atoms with Gasteiger partial charge in [-0.1, -0.05) is 12.1 Å². The maximum absolute atomic E-state index is 11.4. The van der Waals surface area contributed by atoms with Crippen molar-refractivity contribution in [3.05, 3.63) is 11.7 Å². The topological polar surface area (TPSA) is 59.2 Å². The Bertz CT molecular complexity index is 425. The third-order valence-electron chi connectivity index (χ3n) is 3.53. The van der Waals surface area contributed by atoms with E-state index in [0.717, 1.165) is 24.8 Å². The predicted octanol–water partition coefficient (Wildman–Crippen LogP) is 1.36. The second-order valence-electron chi connectivity index (χ2n) is 5.18. The molecule has 1 aliphatic heterocycles. The summed E-state index contributed by atoms with van der Waals surface area (Å²) in [6.45, 7) is 4.32. The third-order valence-corrected chi connectivity index (χ3v) is 3.53. The van der Waals surface area contributed by atoms with Crippen molar-refractivity contribution in [3.63, 3.8) is 0 Å². The zero-order valence-corrected chi connectivity index (χ0v) is 10.1. The van der Waals surface area contributed by atoms with Crippen LogP contribution in [0.5, 0.6) is 0 Å². The Hall–Kier alpha value is -1.23. The van der Waals surface area contributed by atoms with Crippen molar-refractivity contribution >= 4 is 5.78 Å². The van der Waals surface area contributed by atoms with Crippen LogP contribution in [0.25, 0.3) is 0 Å². The van der Waals surface area contributed by atoms with E-state index in [4.69, 9.17) is 4.52 Å². The second kappa shape index (κ2) is 4.22.